The normalized spacial score (nSPS) is 11.2. The molecule has 1 aromatic heterocycles. The van der Waals surface area contributed by atoms with Gasteiger partial charge in [-0.05, 0) is 55.0 Å². The first kappa shape index (κ1) is 21.0. The highest BCUT2D eigenvalue weighted by Crippen LogP contribution is 2.14. The maximum absolute atomic E-state index is 13.8. The van der Waals surface area contributed by atoms with E-state index in [-0.39, 0.29) is 23.8 Å². The summed E-state index contributed by atoms with van der Waals surface area (Å²) in [5, 5.41) is 8.82. The number of hydrogen-bond donors (Lipinski definition) is 3. The van der Waals surface area contributed by atoms with Crippen LogP contribution in [0.4, 0.5) is 14.5 Å². The summed E-state index contributed by atoms with van der Waals surface area (Å²) < 4.78 is 32.2. The van der Waals surface area contributed by atoms with Crippen LogP contribution in [-0.2, 0) is 13.1 Å². The first-order chi connectivity index (χ1) is 14.5. The molecule has 0 saturated carbocycles. The molecule has 1 heterocycles. The van der Waals surface area contributed by atoms with Crippen molar-refractivity contribution in [3.8, 4) is 0 Å². The molecule has 30 heavy (non-hydrogen) atoms. The SMILES string of the molecule is CCNC(=NCc1cccc(NC(=O)c2ccco2)c1)NCc1cc(F)ccc1F. The van der Waals surface area contributed by atoms with Gasteiger partial charge in [-0.3, -0.25) is 4.79 Å². The quantitative estimate of drug-likeness (QED) is 0.404. The predicted octanol–water partition coefficient (Wildman–Crippen LogP) is 4.07. The second-order valence-electron chi connectivity index (χ2n) is 6.42. The standard InChI is InChI=1S/C22H22F2N4O2/c1-2-25-22(27-14-16-12-17(23)8-9-19(16)24)26-13-15-5-3-6-18(11-15)28-21(29)20-7-4-10-30-20/h3-12H,2,13-14H2,1H3,(H,28,29)(H2,25,26,27). The van der Waals surface area contributed by atoms with Gasteiger partial charge in [0.25, 0.3) is 5.91 Å². The summed E-state index contributed by atoms with van der Waals surface area (Å²) in [6, 6.07) is 13.8. The van der Waals surface area contributed by atoms with Crippen molar-refractivity contribution in [3.05, 3.63) is 89.4 Å². The second-order valence-corrected chi connectivity index (χ2v) is 6.42. The van der Waals surface area contributed by atoms with Crippen molar-refractivity contribution in [1.82, 2.24) is 10.6 Å². The summed E-state index contributed by atoms with van der Waals surface area (Å²) in [6.07, 6.45) is 1.44. The van der Waals surface area contributed by atoms with Crippen LogP contribution in [0.15, 0.2) is 70.3 Å². The number of carbonyl (C=O) groups is 1. The molecule has 3 rings (SSSR count). The number of nitrogens with one attached hydrogen (secondary N) is 3. The zero-order chi connectivity index (χ0) is 21.3. The van der Waals surface area contributed by atoms with Gasteiger partial charge in [0, 0.05) is 24.3 Å². The average Bonchev–Trinajstić information content (AvgIpc) is 3.28. The smallest absolute Gasteiger partial charge is 0.291 e. The van der Waals surface area contributed by atoms with Crippen LogP contribution in [0.25, 0.3) is 0 Å². The third-order valence-electron chi connectivity index (χ3n) is 4.15. The van der Waals surface area contributed by atoms with Gasteiger partial charge in [-0.15, -0.1) is 0 Å². The van der Waals surface area contributed by atoms with Crippen LogP contribution < -0.4 is 16.0 Å². The largest absolute Gasteiger partial charge is 0.459 e. The second kappa shape index (κ2) is 10.2. The Bertz CT molecular complexity index is 1020. The molecule has 2 aromatic carbocycles. The van der Waals surface area contributed by atoms with Crippen LogP contribution in [-0.4, -0.2) is 18.4 Å². The summed E-state index contributed by atoms with van der Waals surface area (Å²) in [5.74, 6) is -0.635. The molecule has 8 heteroatoms. The van der Waals surface area contributed by atoms with Gasteiger partial charge in [-0.2, -0.15) is 0 Å². The van der Waals surface area contributed by atoms with E-state index < -0.39 is 11.6 Å². The lowest BCUT2D eigenvalue weighted by molar-refractivity contribution is 0.0996. The lowest BCUT2D eigenvalue weighted by atomic mass is 10.2. The van der Waals surface area contributed by atoms with Crippen LogP contribution in [0.1, 0.15) is 28.6 Å². The van der Waals surface area contributed by atoms with Crippen LogP contribution in [0.2, 0.25) is 0 Å². The minimum Gasteiger partial charge on any atom is -0.459 e. The van der Waals surface area contributed by atoms with Gasteiger partial charge in [0.1, 0.15) is 11.6 Å². The van der Waals surface area contributed by atoms with E-state index in [1.54, 1.807) is 24.3 Å². The molecule has 0 fully saturated rings. The number of anilines is 1. The Morgan fingerprint density at radius 2 is 1.93 bits per heavy atom. The number of benzene rings is 2. The average molecular weight is 412 g/mol. The number of furan rings is 1. The van der Waals surface area contributed by atoms with Crippen molar-refractivity contribution in [2.45, 2.75) is 20.0 Å². The Kier molecular flexibility index (Phi) is 7.15. The number of amides is 1. The van der Waals surface area contributed by atoms with Crippen LogP contribution in [0, 0.1) is 11.6 Å². The summed E-state index contributed by atoms with van der Waals surface area (Å²) in [7, 11) is 0. The molecule has 156 valence electrons. The minimum absolute atomic E-state index is 0.0919. The van der Waals surface area contributed by atoms with Crippen molar-refractivity contribution >= 4 is 17.6 Å². The number of halogens is 2. The molecule has 0 radical (unpaired) electrons. The van der Waals surface area contributed by atoms with E-state index >= 15 is 0 Å². The van der Waals surface area contributed by atoms with E-state index in [1.165, 1.54) is 6.26 Å². The van der Waals surface area contributed by atoms with Gasteiger partial charge >= 0.3 is 0 Å². The van der Waals surface area contributed by atoms with Gasteiger partial charge in [0.05, 0.1) is 12.8 Å². The fraction of sp³-hybridized carbons (Fsp3) is 0.182. The predicted molar refractivity (Wildman–Crippen MR) is 111 cm³/mol. The summed E-state index contributed by atoms with van der Waals surface area (Å²) in [4.78, 5) is 16.6. The molecule has 6 nitrogen and oxygen atoms in total. The highest BCUT2D eigenvalue weighted by molar-refractivity contribution is 6.02. The summed E-state index contributed by atoms with van der Waals surface area (Å²) >= 11 is 0. The monoisotopic (exact) mass is 412 g/mol. The van der Waals surface area contributed by atoms with Gasteiger partial charge in [0.15, 0.2) is 11.7 Å². The first-order valence-electron chi connectivity index (χ1n) is 9.45. The Morgan fingerprint density at radius 3 is 2.70 bits per heavy atom. The van der Waals surface area contributed by atoms with E-state index in [2.05, 4.69) is 20.9 Å². The molecule has 0 aliphatic rings. The van der Waals surface area contributed by atoms with Crippen LogP contribution in [0.3, 0.4) is 0 Å². The molecule has 0 aliphatic heterocycles. The fourth-order valence-corrected chi connectivity index (χ4v) is 2.72. The minimum atomic E-state index is -0.497. The molecule has 0 unspecified atom stereocenters. The van der Waals surface area contributed by atoms with Crippen LogP contribution in [0.5, 0.6) is 0 Å². The molecular weight excluding hydrogens is 390 g/mol. The van der Waals surface area contributed by atoms with Crippen molar-refractivity contribution in [2.75, 3.05) is 11.9 Å². The van der Waals surface area contributed by atoms with E-state index in [4.69, 9.17) is 4.42 Å². The van der Waals surface area contributed by atoms with Gasteiger partial charge in [0.2, 0.25) is 0 Å². The van der Waals surface area contributed by atoms with E-state index in [1.807, 2.05) is 19.1 Å². The maximum atomic E-state index is 13.8. The zero-order valence-electron chi connectivity index (χ0n) is 16.4. The van der Waals surface area contributed by atoms with E-state index in [9.17, 15) is 13.6 Å². The highest BCUT2D eigenvalue weighted by Gasteiger charge is 2.09. The van der Waals surface area contributed by atoms with Gasteiger partial charge in [-0.1, -0.05) is 12.1 Å². The highest BCUT2D eigenvalue weighted by atomic mass is 19.1. The van der Waals surface area contributed by atoms with Crippen molar-refractivity contribution in [2.24, 2.45) is 4.99 Å². The number of carbonyl (C=O) groups excluding carboxylic acids is 1. The molecule has 3 N–H and O–H groups in total. The molecule has 0 spiro atoms. The van der Waals surface area contributed by atoms with Gasteiger partial charge < -0.3 is 20.4 Å². The molecule has 0 saturated heterocycles. The molecule has 3 aromatic rings. The molecular formula is C22H22F2N4O2. The Balaban J connectivity index is 1.64. The maximum Gasteiger partial charge on any atom is 0.291 e. The van der Waals surface area contributed by atoms with E-state index in [0.29, 0.717) is 24.7 Å². The topological polar surface area (TPSA) is 78.7 Å². The summed E-state index contributed by atoms with van der Waals surface area (Å²) in [5.41, 5.74) is 1.69. The lowest BCUT2D eigenvalue weighted by Crippen LogP contribution is -2.37. The van der Waals surface area contributed by atoms with Crippen molar-refractivity contribution in [3.63, 3.8) is 0 Å². The van der Waals surface area contributed by atoms with Crippen LogP contribution >= 0.6 is 0 Å². The Labute approximate surface area is 173 Å². The number of guanidine groups is 1. The molecule has 1 amide bonds. The molecule has 0 bridgehead atoms. The third-order valence-corrected chi connectivity index (χ3v) is 4.15. The fourth-order valence-electron chi connectivity index (χ4n) is 2.72. The van der Waals surface area contributed by atoms with E-state index in [0.717, 1.165) is 23.8 Å². The Hall–Kier alpha value is -3.68. The zero-order valence-corrected chi connectivity index (χ0v) is 16.4. The molecule has 0 atom stereocenters. The Morgan fingerprint density at radius 1 is 1.07 bits per heavy atom. The third kappa shape index (κ3) is 5.91. The number of aliphatic imine (C=N–C) groups is 1. The van der Waals surface area contributed by atoms with Crippen molar-refractivity contribution < 1.29 is 18.0 Å². The number of hydrogen-bond acceptors (Lipinski definition) is 3. The van der Waals surface area contributed by atoms with Crippen molar-refractivity contribution in [1.29, 1.82) is 0 Å². The summed E-state index contributed by atoms with van der Waals surface area (Å²) in [6.45, 7) is 2.93. The number of nitrogens with zero attached hydrogens (tertiary/aromatic N) is 1. The molecule has 0 aliphatic carbocycles. The first-order valence-corrected chi connectivity index (χ1v) is 9.45. The van der Waals surface area contributed by atoms with Gasteiger partial charge in [-0.25, -0.2) is 13.8 Å². The number of rotatable bonds is 7. The lowest BCUT2D eigenvalue weighted by Gasteiger charge is -2.12.